The van der Waals surface area contributed by atoms with Crippen LogP contribution < -0.4 is 10.1 Å². The molecule has 11 heteroatoms. The van der Waals surface area contributed by atoms with Crippen LogP contribution in [0.15, 0.2) is 24.3 Å². The average molecular weight is 398 g/mol. The number of nitrogens with zero attached hydrogens (tertiary/aromatic N) is 3. The molecule has 1 aliphatic rings. The first-order chi connectivity index (χ1) is 13.2. The molecule has 6 nitrogen and oxygen atoms in total. The Labute approximate surface area is 153 Å². The molecule has 0 radical (unpaired) electrons. The number of benzene rings is 1. The van der Waals surface area contributed by atoms with E-state index >= 15 is 0 Å². The van der Waals surface area contributed by atoms with Crippen LogP contribution in [-0.2, 0) is 17.4 Å². The first-order valence-electron chi connectivity index (χ1n) is 7.95. The minimum absolute atomic E-state index is 0.00995. The summed E-state index contributed by atoms with van der Waals surface area (Å²) in [6.07, 6.45) is -7.87. The minimum atomic E-state index is -4.78. The first-order valence-corrected chi connectivity index (χ1v) is 7.95. The Balaban J connectivity index is 2.04. The number of anilines is 1. The van der Waals surface area contributed by atoms with E-state index in [9.17, 15) is 26.7 Å². The first kappa shape index (κ1) is 18.1. The van der Waals surface area contributed by atoms with E-state index in [4.69, 9.17) is 4.74 Å². The summed E-state index contributed by atoms with van der Waals surface area (Å²) in [7, 11) is 1.31. The lowest BCUT2D eigenvalue weighted by Crippen LogP contribution is -2.11. The Morgan fingerprint density at radius 3 is 2.64 bits per heavy atom. The van der Waals surface area contributed by atoms with Crippen molar-refractivity contribution in [2.75, 3.05) is 12.4 Å². The second kappa shape index (κ2) is 6.14. The highest BCUT2D eigenvalue weighted by atomic mass is 19.4. The van der Waals surface area contributed by atoms with Crippen molar-refractivity contribution < 1.29 is 31.5 Å². The van der Waals surface area contributed by atoms with E-state index in [1.54, 1.807) is 0 Å². The van der Waals surface area contributed by atoms with Gasteiger partial charge in [0.25, 0.3) is 6.43 Å². The third-order valence-electron chi connectivity index (χ3n) is 4.31. The SMILES string of the molecule is COc1cc(-c2c(C(F)(F)F)ccc3nc(C(F)F)nn23)cc2c1NC(=O)C2. The second-order valence-corrected chi connectivity index (χ2v) is 6.07. The van der Waals surface area contributed by atoms with Gasteiger partial charge in [-0.3, -0.25) is 4.79 Å². The Morgan fingerprint density at radius 1 is 1.25 bits per heavy atom. The molecule has 0 bridgehead atoms. The zero-order chi connectivity index (χ0) is 20.2. The number of hydrogen-bond donors (Lipinski definition) is 1. The Kier molecular flexibility index (Phi) is 3.98. The van der Waals surface area contributed by atoms with Crippen LogP contribution in [0.25, 0.3) is 16.9 Å². The fourth-order valence-corrected chi connectivity index (χ4v) is 3.17. The molecule has 3 heterocycles. The molecular formula is C17H11F5N4O2. The van der Waals surface area contributed by atoms with Gasteiger partial charge in [0.1, 0.15) is 5.75 Å². The monoisotopic (exact) mass is 398 g/mol. The topological polar surface area (TPSA) is 68.5 Å². The number of halogens is 5. The molecule has 3 aromatic rings. The summed E-state index contributed by atoms with van der Waals surface area (Å²) in [5.74, 6) is -1.07. The van der Waals surface area contributed by atoms with Gasteiger partial charge in [0, 0.05) is 5.56 Å². The number of alkyl halides is 5. The molecule has 0 aliphatic carbocycles. The van der Waals surface area contributed by atoms with Crippen molar-refractivity contribution in [3.63, 3.8) is 0 Å². The summed E-state index contributed by atoms with van der Waals surface area (Å²) in [5, 5.41) is 6.14. The van der Waals surface area contributed by atoms with Crippen molar-refractivity contribution in [2.45, 2.75) is 19.0 Å². The number of ether oxygens (including phenoxy) is 1. The summed E-state index contributed by atoms with van der Waals surface area (Å²) in [6, 6.07) is 4.40. The molecule has 1 aromatic carbocycles. The number of rotatable bonds is 3. The minimum Gasteiger partial charge on any atom is -0.495 e. The molecule has 1 amide bonds. The fraction of sp³-hybridized carbons (Fsp3) is 0.235. The van der Waals surface area contributed by atoms with Crippen LogP contribution >= 0.6 is 0 Å². The van der Waals surface area contributed by atoms with Gasteiger partial charge in [0.15, 0.2) is 5.65 Å². The van der Waals surface area contributed by atoms with Crippen LogP contribution in [0.2, 0.25) is 0 Å². The van der Waals surface area contributed by atoms with E-state index in [1.165, 1.54) is 19.2 Å². The third kappa shape index (κ3) is 2.83. The van der Waals surface area contributed by atoms with Crippen molar-refractivity contribution in [1.82, 2.24) is 14.6 Å². The predicted molar refractivity (Wildman–Crippen MR) is 87.3 cm³/mol. The van der Waals surface area contributed by atoms with Gasteiger partial charge in [0.2, 0.25) is 11.7 Å². The maximum absolute atomic E-state index is 13.6. The van der Waals surface area contributed by atoms with Crippen molar-refractivity contribution in [3.8, 4) is 17.0 Å². The van der Waals surface area contributed by atoms with Gasteiger partial charge in [-0.1, -0.05) is 0 Å². The molecule has 146 valence electrons. The van der Waals surface area contributed by atoms with Gasteiger partial charge >= 0.3 is 6.18 Å². The van der Waals surface area contributed by atoms with Gasteiger partial charge in [0.05, 0.1) is 30.5 Å². The number of fused-ring (bicyclic) bond motifs is 2. The van der Waals surface area contributed by atoms with Crippen LogP contribution in [0.3, 0.4) is 0 Å². The van der Waals surface area contributed by atoms with Crippen LogP contribution in [0, 0.1) is 0 Å². The van der Waals surface area contributed by atoms with E-state index in [2.05, 4.69) is 15.4 Å². The zero-order valence-corrected chi connectivity index (χ0v) is 14.1. The summed E-state index contributed by atoms with van der Waals surface area (Å²) in [6.45, 7) is 0. The van der Waals surface area contributed by atoms with Crippen LogP contribution in [0.5, 0.6) is 5.75 Å². The highest BCUT2D eigenvalue weighted by Gasteiger charge is 2.36. The molecule has 1 aliphatic heterocycles. The molecule has 0 saturated carbocycles. The molecule has 0 spiro atoms. The number of nitrogens with one attached hydrogen (secondary N) is 1. The standard InChI is InChI=1S/C17H11F5N4O2/c1-28-10-5-8(4-7-6-12(27)24-13(7)10)14-9(17(20,21)22)2-3-11-23-16(15(18)19)25-26(11)14/h2-5,15H,6H2,1H3,(H,24,27). The predicted octanol–water partition coefficient (Wildman–Crippen LogP) is 3.86. The smallest absolute Gasteiger partial charge is 0.418 e. The van der Waals surface area contributed by atoms with Gasteiger partial charge in [-0.25, -0.2) is 18.3 Å². The number of carbonyl (C=O) groups excluding carboxylic acids is 1. The fourth-order valence-electron chi connectivity index (χ4n) is 3.17. The van der Waals surface area contributed by atoms with Crippen molar-refractivity contribution in [3.05, 3.63) is 41.2 Å². The van der Waals surface area contributed by atoms with Crippen molar-refractivity contribution in [2.24, 2.45) is 0 Å². The molecule has 0 unspecified atom stereocenters. The van der Waals surface area contributed by atoms with E-state index < -0.39 is 29.7 Å². The number of pyridine rings is 1. The second-order valence-electron chi connectivity index (χ2n) is 6.07. The highest BCUT2D eigenvalue weighted by Crippen LogP contribution is 2.42. The molecule has 28 heavy (non-hydrogen) atoms. The summed E-state index contributed by atoms with van der Waals surface area (Å²) < 4.78 is 72.8. The molecule has 4 rings (SSSR count). The molecule has 2 aromatic heterocycles. The summed E-state index contributed by atoms with van der Waals surface area (Å²) in [4.78, 5) is 15.3. The number of aromatic nitrogens is 3. The lowest BCUT2D eigenvalue weighted by molar-refractivity contribution is -0.137. The van der Waals surface area contributed by atoms with Gasteiger partial charge in [-0.2, -0.15) is 13.2 Å². The van der Waals surface area contributed by atoms with E-state index in [1.807, 2.05) is 0 Å². The number of amides is 1. The molecule has 0 saturated heterocycles. The quantitative estimate of drug-likeness (QED) is 0.681. The van der Waals surface area contributed by atoms with E-state index in [-0.39, 0.29) is 29.3 Å². The maximum atomic E-state index is 13.6. The van der Waals surface area contributed by atoms with E-state index in [0.717, 1.165) is 16.6 Å². The summed E-state index contributed by atoms with van der Waals surface area (Å²) >= 11 is 0. The normalized spacial score (nSPS) is 13.9. The van der Waals surface area contributed by atoms with E-state index in [0.29, 0.717) is 11.3 Å². The molecule has 0 fully saturated rings. The number of carbonyl (C=O) groups is 1. The third-order valence-corrected chi connectivity index (χ3v) is 4.31. The lowest BCUT2D eigenvalue weighted by Gasteiger charge is -2.16. The Bertz CT molecular complexity index is 1110. The lowest BCUT2D eigenvalue weighted by atomic mass is 10.0. The Hall–Kier alpha value is -3.24. The van der Waals surface area contributed by atoms with Crippen LogP contribution in [0.4, 0.5) is 27.6 Å². The number of methoxy groups -OCH3 is 1. The average Bonchev–Trinajstić information content (AvgIpc) is 3.21. The van der Waals surface area contributed by atoms with Crippen molar-refractivity contribution >= 4 is 17.2 Å². The van der Waals surface area contributed by atoms with Gasteiger partial charge in [-0.05, 0) is 29.8 Å². The highest BCUT2D eigenvalue weighted by molar-refractivity contribution is 6.01. The van der Waals surface area contributed by atoms with Gasteiger partial charge in [-0.15, -0.1) is 5.10 Å². The Morgan fingerprint density at radius 2 is 2.00 bits per heavy atom. The largest absolute Gasteiger partial charge is 0.495 e. The van der Waals surface area contributed by atoms with Gasteiger partial charge < -0.3 is 10.1 Å². The zero-order valence-electron chi connectivity index (χ0n) is 14.1. The summed E-state index contributed by atoms with van der Waals surface area (Å²) in [5.41, 5.74) is -0.903. The number of hydrogen-bond acceptors (Lipinski definition) is 4. The maximum Gasteiger partial charge on any atom is 0.418 e. The van der Waals surface area contributed by atoms with Crippen LogP contribution in [-0.4, -0.2) is 27.6 Å². The molecule has 1 N–H and O–H groups in total. The van der Waals surface area contributed by atoms with Crippen molar-refractivity contribution in [1.29, 1.82) is 0 Å². The van der Waals surface area contributed by atoms with Crippen LogP contribution in [0.1, 0.15) is 23.4 Å². The molecular weight excluding hydrogens is 387 g/mol. The molecule has 0 atom stereocenters.